The number of thiazole rings is 1. The van der Waals surface area contributed by atoms with Crippen molar-refractivity contribution < 1.29 is 8.42 Å². The summed E-state index contributed by atoms with van der Waals surface area (Å²) in [6, 6.07) is 6.32. The summed E-state index contributed by atoms with van der Waals surface area (Å²) in [4.78, 5) is 4.88. The number of hydrogen-bond acceptors (Lipinski definition) is 4. The summed E-state index contributed by atoms with van der Waals surface area (Å²) in [5.41, 5.74) is 0. The summed E-state index contributed by atoms with van der Waals surface area (Å²) < 4.78 is 27.2. The molecule has 1 aromatic carbocycles. The molecule has 0 bridgehead atoms. The molecule has 0 aliphatic carbocycles. The van der Waals surface area contributed by atoms with Crippen molar-refractivity contribution in [3.05, 3.63) is 44.3 Å². The first kappa shape index (κ1) is 14.0. The summed E-state index contributed by atoms with van der Waals surface area (Å²) in [6.45, 7) is 0.191. The van der Waals surface area contributed by atoms with Crippen molar-refractivity contribution in [1.29, 1.82) is 0 Å². The fourth-order valence-corrected chi connectivity index (χ4v) is 4.18. The third-order valence-corrected chi connectivity index (χ3v) is 5.47. The van der Waals surface area contributed by atoms with Gasteiger partial charge in [-0.05, 0) is 28.1 Å². The van der Waals surface area contributed by atoms with Crippen LogP contribution in [0.5, 0.6) is 0 Å². The highest BCUT2D eigenvalue weighted by atomic mass is 79.9. The van der Waals surface area contributed by atoms with Gasteiger partial charge in [-0.2, -0.15) is 0 Å². The molecule has 0 atom stereocenters. The van der Waals surface area contributed by atoms with Crippen LogP contribution in [-0.2, 0) is 16.6 Å². The SMILES string of the molecule is O=S(=O)(NCc1cnc(Br)s1)c1ccccc1Cl. The highest BCUT2D eigenvalue weighted by Crippen LogP contribution is 2.22. The van der Waals surface area contributed by atoms with Gasteiger partial charge in [-0.15, -0.1) is 11.3 Å². The molecule has 1 heterocycles. The molecule has 2 rings (SSSR count). The van der Waals surface area contributed by atoms with Crippen molar-refractivity contribution in [2.24, 2.45) is 0 Å². The van der Waals surface area contributed by atoms with E-state index in [0.717, 1.165) is 8.79 Å². The van der Waals surface area contributed by atoms with E-state index in [4.69, 9.17) is 11.6 Å². The molecule has 0 spiro atoms. The van der Waals surface area contributed by atoms with Gasteiger partial charge in [0.2, 0.25) is 10.0 Å². The Morgan fingerprint density at radius 2 is 2.11 bits per heavy atom. The largest absolute Gasteiger partial charge is 0.242 e. The van der Waals surface area contributed by atoms with Crippen molar-refractivity contribution in [3.8, 4) is 0 Å². The van der Waals surface area contributed by atoms with Crippen LogP contribution in [-0.4, -0.2) is 13.4 Å². The third kappa shape index (κ3) is 3.30. The van der Waals surface area contributed by atoms with E-state index in [9.17, 15) is 8.42 Å². The minimum Gasteiger partial charge on any atom is -0.237 e. The molecule has 0 amide bonds. The summed E-state index contributed by atoms with van der Waals surface area (Å²) in [7, 11) is -3.60. The highest BCUT2D eigenvalue weighted by molar-refractivity contribution is 9.11. The van der Waals surface area contributed by atoms with E-state index in [2.05, 4.69) is 25.6 Å². The minimum atomic E-state index is -3.60. The number of benzene rings is 1. The van der Waals surface area contributed by atoms with Crippen molar-refractivity contribution in [3.63, 3.8) is 0 Å². The number of sulfonamides is 1. The topological polar surface area (TPSA) is 59.1 Å². The zero-order valence-electron chi connectivity index (χ0n) is 8.93. The van der Waals surface area contributed by atoms with Crippen LogP contribution in [0.25, 0.3) is 0 Å². The molecule has 1 aromatic heterocycles. The second-order valence-corrected chi connectivity index (χ2v) is 7.87. The number of rotatable bonds is 4. The molecule has 1 N–H and O–H groups in total. The lowest BCUT2D eigenvalue weighted by Gasteiger charge is -2.06. The van der Waals surface area contributed by atoms with Crippen LogP contribution < -0.4 is 4.72 Å². The summed E-state index contributed by atoms with van der Waals surface area (Å²) in [6.07, 6.45) is 1.61. The fraction of sp³-hybridized carbons (Fsp3) is 0.100. The van der Waals surface area contributed by atoms with Crippen LogP contribution in [0, 0.1) is 0 Å². The average molecular weight is 368 g/mol. The summed E-state index contributed by atoms with van der Waals surface area (Å²) in [5.74, 6) is 0. The van der Waals surface area contributed by atoms with Crippen molar-refractivity contribution >= 4 is 48.9 Å². The van der Waals surface area contributed by atoms with Crippen LogP contribution in [0.2, 0.25) is 5.02 Å². The lowest BCUT2D eigenvalue weighted by atomic mass is 10.4. The molecule has 2 aromatic rings. The minimum absolute atomic E-state index is 0.0789. The molecule has 0 aliphatic rings. The average Bonchev–Trinajstić information content (AvgIpc) is 2.73. The fourth-order valence-electron chi connectivity index (χ4n) is 1.27. The van der Waals surface area contributed by atoms with E-state index < -0.39 is 10.0 Å². The maximum Gasteiger partial charge on any atom is 0.242 e. The zero-order valence-corrected chi connectivity index (χ0v) is 12.9. The van der Waals surface area contributed by atoms with Crippen molar-refractivity contribution in [2.45, 2.75) is 11.4 Å². The Morgan fingerprint density at radius 1 is 1.39 bits per heavy atom. The number of hydrogen-bond donors (Lipinski definition) is 1. The Balaban J connectivity index is 2.16. The Bertz CT molecular complexity index is 657. The van der Waals surface area contributed by atoms with Gasteiger partial charge in [0.25, 0.3) is 0 Å². The number of aromatic nitrogens is 1. The van der Waals surface area contributed by atoms with E-state index in [-0.39, 0.29) is 16.5 Å². The lowest BCUT2D eigenvalue weighted by molar-refractivity contribution is 0.582. The molecular weight excluding hydrogens is 360 g/mol. The van der Waals surface area contributed by atoms with Gasteiger partial charge < -0.3 is 0 Å². The molecule has 0 unspecified atom stereocenters. The van der Waals surface area contributed by atoms with E-state index in [1.807, 2.05) is 0 Å². The van der Waals surface area contributed by atoms with Gasteiger partial charge in [0.05, 0.1) is 5.02 Å². The Hall–Kier alpha value is -0.470. The summed E-state index contributed by atoms with van der Waals surface area (Å²) in [5, 5.41) is 0.204. The molecule has 8 heteroatoms. The van der Waals surface area contributed by atoms with Gasteiger partial charge in [-0.3, -0.25) is 0 Å². The quantitative estimate of drug-likeness (QED) is 0.903. The normalized spacial score (nSPS) is 11.7. The molecule has 0 saturated carbocycles. The predicted octanol–water partition coefficient (Wildman–Crippen LogP) is 3.04. The number of halogens is 2. The van der Waals surface area contributed by atoms with Gasteiger partial charge >= 0.3 is 0 Å². The molecule has 0 fully saturated rings. The molecule has 96 valence electrons. The van der Waals surface area contributed by atoms with Crippen LogP contribution in [0.15, 0.2) is 39.3 Å². The first-order valence-corrected chi connectivity index (χ1v) is 8.30. The van der Waals surface area contributed by atoms with Crippen molar-refractivity contribution in [1.82, 2.24) is 9.71 Å². The summed E-state index contributed by atoms with van der Waals surface area (Å²) >= 11 is 10.4. The van der Waals surface area contributed by atoms with Gasteiger partial charge in [0.15, 0.2) is 3.92 Å². The molecule has 4 nitrogen and oxygen atoms in total. The van der Waals surface area contributed by atoms with E-state index >= 15 is 0 Å². The van der Waals surface area contributed by atoms with Crippen molar-refractivity contribution in [2.75, 3.05) is 0 Å². The molecule has 0 radical (unpaired) electrons. The Labute approximate surface area is 122 Å². The molecule has 0 saturated heterocycles. The van der Waals surface area contributed by atoms with Gasteiger partial charge in [-0.1, -0.05) is 23.7 Å². The maximum atomic E-state index is 12.0. The lowest BCUT2D eigenvalue weighted by Crippen LogP contribution is -2.23. The van der Waals surface area contributed by atoms with Gasteiger partial charge in [-0.25, -0.2) is 18.1 Å². The number of nitrogens with zero attached hydrogens (tertiary/aromatic N) is 1. The predicted molar refractivity (Wildman–Crippen MR) is 75.3 cm³/mol. The Morgan fingerprint density at radius 3 is 2.72 bits per heavy atom. The first-order chi connectivity index (χ1) is 8.49. The molecule has 18 heavy (non-hydrogen) atoms. The molecular formula is C10H8BrClN2O2S2. The monoisotopic (exact) mass is 366 g/mol. The van der Waals surface area contributed by atoms with Gasteiger partial charge in [0.1, 0.15) is 4.90 Å². The van der Waals surface area contributed by atoms with Crippen LogP contribution in [0.3, 0.4) is 0 Å². The Kier molecular flexibility index (Phi) is 4.39. The highest BCUT2D eigenvalue weighted by Gasteiger charge is 2.17. The maximum absolute atomic E-state index is 12.0. The first-order valence-electron chi connectivity index (χ1n) is 4.83. The zero-order chi connectivity index (χ0) is 13.2. The van der Waals surface area contributed by atoms with E-state index in [1.165, 1.54) is 17.4 Å². The second kappa shape index (κ2) is 5.66. The van der Waals surface area contributed by atoms with Gasteiger partial charge in [0, 0.05) is 17.6 Å². The third-order valence-electron chi connectivity index (χ3n) is 2.09. The second-order valence-electron chi connectivity index (χ2n) is 3.33. The smallest absolute Gasteiger partial charge is 0.237 e. The van der Waals surface area contributed by atoms with Crippen LogP contribution in [0.1, 0.15) is 4.88 Å². The standard InChI is InChI=1S/C10H8BrClN2O2S2/c11-10-13-5-7(17-10)6-14-18(15,16)9-4-2-1-3-8(9)12/h1-5,14H,6H2. The van der Waals surface area contributed by atoms with Crippen LogP contribution in [0.4, 0.5) is 0 Å². The molecule has 0 aliphatic heterocycles. The van der Waals surface area contributed by atoms with Crippen LogP contribution >= 0.6 is 38.9 Å². The van der Waals surface area contributed by atoms with E-state index in [0.29, 0.717) is 0 Å². The number of nitrogens with one attached hydrogen (secondary N) is 1. The van der Waals surface area contributed by atoms with E-state index in [1.54, 1.807) is 24.4 Å².